The Morgan fingerprint density at radius 2 is 1.90 bits per heavy atom. The fourth-order valence-corrected chi connectivity index (χ4v) is 2.63. The minimum Gasteiger partial charge on any atom is -0.466 e. The molecule has 1 aliphatic heterocycles. The maximum atomic E-state index is 11.8. The smallest absolute Gasteiger partial charge is 0.311 e. The average molecular weight is 287 g/mol. The normalized spacial score (nSPS) is 30.7. The van der Waals surface area contributed by atoms with Gasteiger partial charge >= 0.3 is 5.97 Å². The van der Waals surface area contributed by atoms with E-state index >= 15 is 0 Å². The second-order valence-electron chi connectivity index (χ2n) is 5.54. The number of nitrogens with two attached hydrogens (primary N) is 1. The van der Waals surface area contributed by atoms with Crippen molar-refractivity contribution < 1.29 is 23.8 Å². The first-order valence-corrected chi connectivity index (χ1v) is 7.05. The van der Waals surface area contributed by atoms with Crippen molar-refractivity contribution in [2.75, 3.05) is 6.61 Å². The van der Waals surface area contributed by atoms with E-state index in [1.54, 1.807) is 0 Å². The Balaban J connectivity index is 0.000000444. The molecule has 1 saturated carbocycles. The van der Waals surface area contributed by atoms with Crippen molar-refractivity contribution in [2.45, 2.75) is 65.0 Å². The summed E-state index contributed by atoms with van der Waals surface area (Å²) in [5, 5.41) is 0. The monoisotopic (exact) mass is 287 g/mol. The van der Waals surface area contributed by atoms with E-state index in [0.717, 1.165) is 19.3 Å². The molecule has 6 nitrogen and oxygen atoms in total. The SMILES string of the molecule is CC(N)=O.CCOC(=O)C1CCCC2OC(C)(C)OC21. The molecule has 0 aromatic heterocycles. The van der Waals surface area contributed by atoms with Gasteiger partial charge in [-0.1, -0.05) is 0 Å². The molecule has 20 heavy (non-hydrogen) atoms. The molecule has 0 aromatic rings. The van der Waals surface area contributed by atoms with Crippen molar-refractivity contribution in [3.8, 4) is 0 Å². The van der Waals surface area contributed by atoms with Gasteiger partial charge in [0.05, 0.1) is 18.6 Å². The van der Waals surface area contributed by atoms with Crippen LogP contribution >= 0.6 is 0 Å². The van der Waals surface area contributed by atoms with Crippen LogP contribution in [-0.2, 0) is 23.8 Å². The third kappa shape index (κ3) is 4.76. The number of primary amides is 1. The van der Waals surface area contributed by atoms with Crippen molar-refractivity contribution in [2.24, 2.45) is 11.7 Å². The predicted octanol–water partition coefficient (Wildman–Crippen LogP) is 1.36. The molecule has 1 amide bonds. The Morgan fingerprint density at radius 3 is 2.45 bits per heavy atom. The van der Waals surface area contributed by atoms with Gasteiger partial charge in [-0.3, -0.25) is 9.59 Å². The lowest BCUT2D eigenvalue weighted by Gasteiger charge is -2.29. The van der Waals surface area contributed by atoms with E-state index in [4.69, 9.17) is 14.2 Å². The Kier molecular flexibility index (Phi) is 5.95. The summed E-state index contributed by atoms with van der Waals surface area (Å²) < 4.78 is 16.7. The molecule has 2 rings (SSSR count). The first-order chi connectivity index (χ1) is 9.26. The zero-order valence-corrected chi connectivity index (χ0v) is 12.7. The van der Waals surface area contributed by atoms with Crippen LogP contribution in [0.5, 0.6) is 0 Å². The molecular weight excluding hydrogens is 262 g/mol. The highest BCUT2D eigenvalue weighted by atomic mass is 16.8. The number of ether oxygens (including phenoxy) is 3. The standard InChI is InChI=1S/C12H20O4.C2H5NO/c1-4-14-11(13)8-6-5-7-9-10(8)16-12(2,3)15-9;1-2(3)4/h8-10H,4-7H2,1-3H3;1H3,(H2,3,4). The molecule has 1 aliphatic carbocycles. The summed E-state index contributed by atoms with van der Waals surface area (Å²) >= 11 is 0. The van der Waals surface area contributed by atoms with Gasteiger partial charge in [-0.05, 0) is 40.0 Å². The summed E-state index contributed by atoms with van der Waals surface area (Å²) in [6.45, 7) is 7.35. The van der Waals surface area contributed by atoms with Crippen LogP contribution < -0.4 is 5.73 Å². The van der Waals surface area contributed by atoms with E-state index in [1.807, 2.05) is 20.8 Å². The number of amides is 1. The topological polar surface area (TPSA) is 87.9 Å². The number of hydrogen-bond donors (Lipinski definition) is 1. The van der Waals surface area contributed by atoms with Crippen molar-refractivity contribution in [3.05, 3.63) is 0 Å². The Bertz CT molecular complexity index is 351. The van der Waals surface area contributed by atoms with Gasteiger partial charge in [-0.25, -0.2) is 0 Å². The highest BCUT2D eigenvalue weighted by Gasteiger charge is 2.49. The molecule has 2 N–H and O–H groups in total. The summed E-state index contributed by atoms with van der Waals surface area (Å²) in [7, 11) is 0. The van der Waals surface area contributed by atoms with Crippen LogP contribution in [-0.4, -0.2) is 36.5 Å². The summed E-state index contributed by atoms with van der Waals surface area (Å²) in [5.41, 5.74) is 4.47. The first kappa shape index (κ1) is 16.9. The van der Waals surface area contributed by atoms with E-state index in [-0.39, 0.29) is 30.0 Å². The van der Waals surface area contributed by atoms with Crippen LogP contribution in [0.1, 0.15) is 47.0 Å². The molecule has 3 atom stereocenters. The lowest BCUT2D eigenvalue weighted by Crippen LogP contribution is -2.40. The maximum absolute atomic E-state index is 11.8. The van der Waals surface area contributed by atoms with Crippen LogP contribution in [0, 0.1) is 5.92 Å². The third-order valence-corrected chi connectivity index (χ3v) is 3.21. The molecule has 6 heteroatoms. The number of carbonyl (C=O) groups excluding carboxylic acids is 2. The van der Waals surface area contributed by atoms with Crippen molar-refractivity contribution in [3.63, 3.8) is 0 Å². The summed E-state index contributed by atoms with van der Waals surface area (Å²) in [5.74, 6) is -1.19. The van der Waals surface area contributed by atoms with Gasteiger partial charge in [-0.2, -0.15) is 0 Å². The molecule has 1 saturated heterocycles. The van der Waals surface area contributed by atoms with Crippen molar-refractivity contribution in [1.82, 2.24) is 0 Å². The molecule has 3 unspecified atom stereocenters. The highest BCUT2D eigenvalue weighted by Crippen LogP contribution is 2.40. The Hall–Kier alpha value is -1.14. The van der Waals surface area contributed by atoms with Gasteiger partial charge < -0.3 is 19.9 Å². The Labute approximate surface area is 119 Å². The second kappa shape index (κ2) is 7.04. The summed E-state index contributed by atoms with van der Waals surface area (Å²) in [4.78, 5) is 21.0. The van der Waals surface area contributed by atoms with Crippen LogP contribution in [0.4, 0.5) is 0 Å². The van der Waals surface area contributed by atoms with Crippen molar-refractivity contribution in [1.29, 1.82) is 0 Å². The van der Waals surface area contributed by atoms with Crippen LogP contribution in [0.15, 0.2) is 0 Å². The molecule has 2 aliphatic rings. The van der Waals surface area contributed by atoms with Crippen LogP contribution in [0.25, 0.3) is 0 Å². The van der Waals surface area contributed by atoms with E-state index in [9.17, 15) is 9.59 Å². The zero-order chi connectivity index (χ0) is 15.3. The first-order valence-electron chi connectivity index (χ1n) is 7.05. The molecule has 2 fully saturated rings. The highest BCUT2D eigenvalue weighted by molar-refractivity contribution is 5.73. The minimum atomic E-state index is -0.565. The molecule has 1 heterocycles. The van der Waals surface area contributed by atoms with E-state index in [1.165, 1.54) is 6.92 Å². The van der Waals surface area contributed by atoms with E-state index in [0.29, 0.717) is 6.61 Å². The number of rotatable bonds is 2. The Morgan fingerprint density at radius 1 is 1.30 bits per heavy atom. The number of hydrogen-bond acceptors (Lipinski definition) is 5. The van der Waals surface area contributed by atoms with Crippen LogP contribution in [0.2, 0.25) is 0 Å². The quantitative estimate of drug-likeness (QED) is 0.775. The van der Waals surface area contributed by atoms with Gasteiger partial charge in [0.15, 0.2) is 5.79 Å². The second-order valence-corrected chi connectivity index (χ2v) is 5.54. The van der Waals surface area contributed by atoms with Gasteiger partial charge in [0, 0.05) is 6.92 Å². The lowest BCUT2D eigenvalue weighted by atomic mass is 9.84. The molecule has 0 radical (unpaired) electrons. The van der Waals surface area contributed by atoms with E-state index < -0.39 is 5.79 Å². The van der Waals surface area contributed by atoms with Gasteiger partial charge in [-0.15, -0.1) is 0 Å². The summed E-state index contributed by atoms with van der Waals surface area (Å²) in [6, 6.07) is 0. The lowest BCUT2D eigenvalue weighted by molar-refractivity contribution is -0.163. The molecule has 0 aromatic carbocycles. The predicted molar refractivity (Wildman–Crippen MR) is 72.7 cm³/mol. The fourth-order valence-electron chi connectivity index (χ4n) is 2.63. The van der Waals surface area contributed by atoms with Gasteiger partial charge in [0.1, 0.15) is 6.10 Å². The molecule has 0 bridgehead atoms. The van der Waals surface area contributed by atoms with Crippen LogP contribution in [0.3, 0.4) is 0 Å². The summed E-state index contributed by atoms with van der Waals surface area (Å²) in [6.07, 6.45) is 2.76. The number of esters is 1. The maximum Gasteiger partial charge on any atom is 0.311 e. The molecule has 0 spiro atoms. The van der Waals surface area contributed by atoms with Gasteiger partial charge in [0.25, 0.3) is 0 Å². The average Bonchev–Trinajstić information content (AvgIpc) is 2.61. The fraction of sp³-hybridized carbons (Fsp3) is 0.857. The van der Waals surface area contributed by atoms with E-state index in [2.05, 4.69) is 5.73 Å². The number of carbonyl (C=O) groups is 2. The number of fused-ring (bicyclic) bond motifs is 1. The van der Waals surface area contributed by atoms with Gasteiger partial charge in [0.2, 0.25) is 5.91 Å². The zero-order valence-electron chi connectivity index (χ0n) is 12.7. The third-order valence-electron chi connectivity index (χ3n) is 3.21. The largest absolute Gasteiger partial charge is 0.466 e. The molecular formula is C14H25NO5. The van der Waals surface area contributed by atoms with Crippen molar-refractivity contribution >= 4 is 11.9 Å². The minimum absolute atomic E-state index is 0.0538. The molecule has 116 valence electrons.